The summed E-state index contributed by atoms with van der Waals surface area (Å²) in [6.45, 7) is 7.91. The Hall–Kier alpha value is -1.99. The van der Waals surface area contributed by atoms with Gasteiger partial charge in [-0.3, -0.25) is 9.69 Å². The third-order valence-electron chi connectivity index (χ3n) is 8.09. The number of amides is 1. The maximum absolute atomic E-state index is 12.9. The number of nitrogens with one attached hydrogen (secondary N) is 1. The first-order valence-electron chi connectivity index (χ1n) is 13.3. The van der Waals surface area contributed by atoms with Crippen molar-refractivity contribution in [2.24, 2.45) is 11.8 Å². The Morgan fingerprint density at radius 2 is 1.78 bits per heavy atom. The van der Waals surface area contributed by atoms with Crippen molar-refractivity contribution in [3.8, 4) is 5.75 Å². The van der Waals surface area contributed by atoms with Gasteiger partial charge in [0.1, 0.15) is 5.75 Å². The van der Waals surface area contributed by atoms with E-state index in [0.717, 1.165) is 63.8 Å². The Labute approximate surface area is 234 Å². The van der Waals surface area contributed by atoms with Gasteiger partial charge in [-0.25, -0.2) is 0 Å². The van der Waals surface area contributed by atoms with E-state index >= 15 is 0 Å². The zero-order valence-corrected chi connectivity index (χ0v) is 23.5. The minimum Gasteiger partial charge on any atom is -0.497 e. The third-order valence-corrected chi connectivity index (χ3v) is 8.09. The number of fused-ring (bicyclic) bond motifs is 2. The number of hydrogen-bond donors (Lipinski definition) is 1. The summed E-state index contributed by atoms with van der Waals surface area (Å²) in [7, 11) is 1.70. The van der Waals surface area contributed by atoms with Crippen LogP contribution in [0.15, 0.2) is 54.6 Å². The molecule has 3 aliphatic heterocycles. The van der Waals surface area contributed by atoms with Gasteiger partial charge in [-0.05, 0) is 55.3 Å². The van der Waals surface area contributed by atoms with Crippen LogP contribution in [0.5, 0.6) is 5.75 Å². The summed E-state index contributed by atoms with van der Waals surface area (Å²) in [6.07, 6.45) is 4.09. The summed E-state index contributed by atoms with van der Waals surface area (Å²) >= 11 is 0. The number of benzene rings is 2. The Morgan fingerprint density at radius 3 is 2.54 bits per heavy atom. The minimum atomic E-state index is 0. The highest BCUT2D eigenvalue weighted by Crippen LogP contribution is 2.31. The molecule has 0 spiro atoms. The van der Waals surface area contributed by atoms with Crippen molar-refractivity contribution in [3.05, 3.63) is 60.2 Å². The van der Waals surface area contributed by atoms with Crippen molar-refractivity contribution >= 4 is 36.4 Å². The second kappa shape index (κ2) is 14.2. The number of nitrogens with zero attached hydrogens (tertiary/aromatic N) is 3. The average molecular weight is 550 g/mol. The Bertz CT molecular complexity index is 971. The van der Waals surface area contributed by atoms with Gasteiger partial charge < -0.3 is 19.9 Å². The molecule has 3 heterocycles. The third kappa shape index (κ3) is 7.76. The van der Waals surface area contributed by atoms with Crippen LogP contribution < -0.4 is 15.0 Å². The fourth-order valence-corrected chi connectivity index (χ4v) is 6.23. The number of likely N-dealkylation sites (tertiary alicyclic amines) is 1. The lowest BCUT2D eigenvalue weighted by Gasteiger charge is -2.46. The number of piperidine rings is 2. The van der Waals surface area contributed by atoms with Gasteiger partial charge in [0.25, 0.3) is 0 Å². The fraction of sp³-hybridized carbons (Fsp3) is 0.552. The number of rotatable bonds is 8. The van der Waals surface area contributed by atoms with Gasteiger partial charge in [-0.15, -0.1) is 24.8 Å². The van der Waals surface area contributed by atoms with Crippen molar-refractivity contribution < 1.29 is 9.53 Å². The molecule has 3 saturated heterocycles. The zero-order chi connectivity index (χ0) is 24.0. The number of anilines is 1. The number of methoxy groups -OCH3 is 1. The lowest BCUT2D eigenvalue weighted by atomic mass is 9.79. The number of ether oxygens (including phenoxy) is 1. The molecule has 3 fully saturated rings. The first-order chi connectivity index (χ1) is 17.2. The Morgan fingerprint density at radius 1 is 1.00 bits per heavy atom. The molecule has 0 unspecified atom stereocenters. The first kappa shape index (κ1) is 29.6. The maximum atomic E-state index is 12.9. The van der Waals surface area contributed by atoms with Crippen LogP contribution in [-0.2, 0) is 11.3 Å². The standard InChI is InChI=1S/C29H40N4O2.2ClH/c1-35-27-10-5-9-26(18-27)32-13-15-33(16-14-32)29(34)12-6-11-28-25-17-24(19-30-28)21-31(22-25)20-23-7-3-2-4-8-23;;/h2-5,7-10,18,24-25,28,30H,6,11-17,19-22H2,1H3;2*1H/t24-,25-,28+;;/m0../s1. The van der Waals surface area contributed by atoms with Crippen LogP contribution >= 0.6 is 24.8 Å². The number of hydrogen-bond acceptors (Lipinski definition) is 5. The highest BCUT2D eigenvalue weighted by atomic mass is 35.5. The smallest absolute Gasteiger partial charge is 0.222 e. The molecule has 3 aliphatic rings. The van der Waals surface area contributed by atoms with E-state index in [1.165, 1.54) is 30.8 Å². The quantitative estimate of drug-likeness (QED) is 0.527. The van der Waals surface area contributed by atoms with E-state index < -0.39 is 0 Å². The molecule has 0 aliphatic carbocycles. The van der Waals surface area contributed by atoms with Crippen LogP contribution in [0.3, 0.4) is 0 Å². The van der Waals surface area contributed by atoms with Crippen LogP contribution in [0.2, 0.25) is 0 Å². The molecular weight excluding hydrogens is 507 g/mol. The minimum absolute atomic E-state index is 0. The van der Waals surface area contributed by atoms with Crippen LogP contribution in [0.1, 0.15) is 31.2 Å². The van der Waals surface area contributed by atoms with E-state index in [1.807, 2.05) is 12.1 Å². The van der Waals surface area contributed by atoms with Crippen LogP contribution in [0, 0.1) is 11.8 Å². The van der Waals surface area contributed by atoms with Crippen molar-refractivity contribution in [1.29, 1.82) is 0 Å². The Balaban J connectivity index is 0.00000190. The summed E-state index contributed by atoms with van der Waals surface area (Å²) < 4.78 is 5.36. The molecule has 6 nitrogen and oxygen atoms in total. The van der Waals surface area contributed by atoms with Crippen molar-refractivity contribution in [1.82, 2.24) is 15.1 Å². The average Bonchev–Trinajstić information content (AvgIpc) is 2.90. The van der Waals surface area contributed by atoms with Crippen LogP contribution in [0.25, 0.3) is 0 Å². The van der Waals surface area contributed by atoms with Gasteiger partial charge in [0.15, 0.2) is 0 Å². The van der Waals surface area contributed by atoms with Gasteiger partial charge in [0.2, 0.25) is 5.91 Å². The number of piperazine rings is 1. The molecule has 1 N–H and O–H groups in total. The molecule has 0 saturated carbocycles. The summed E-state index contributed by atoms with van der Waals surface area (Å²) in [5.74, 6) is 2.66. The molecule has 0 aromatic heterocycles. The van der Waals surface area contributed by atoms with E-state index in [4.69, 9.17) is 4.74 Å². The molecule has 2 aromatic carbocycles. The summed E-state index contributed by atoms with van der Waals surface area (Å²) in [4.78, 5) is 20.0. The highest BCUT2D eigenvalue weighted by Gasteiger charge is 2.36. The van der Waals surface area contributed by atoms with Crippen molar-refractivity contribution in [2.75, 3.05) is 57.8 Å². The normalized spacial score (nSPS) is 23.5. The molecule has 0 radical (unpaired) electrons. The predicted octanol–water partition coefficient (Wildman–Crippen LogP) is 4.47. The molecule has 5 rings (SSSR count). The van der Waals surface area contributed by atoms with E-state index in [1.54, 1.807) is 7.11 Å². The zero-order valence-electron chi connectivity index (χ0n) is 21.9. The number of carbonyl (C=O) groups is 1. The summed E-state index contributed by atoms with van der Waals surface area (Å²) in [5, 5.41) is 3.82. The van der Waals surface area contributed by atoms with E-state index in [9.17, 15) is 4.79 Å². The lowest BCUT2D eigenvalue weighted by Crippen LogP contribution is -2.55. The monoisotopic (exact) mass is 548 g/mol. The van der Waals surface area contributed by atoms with Gasteiger partial charge in [0.05, 0.1) is 7.11 Å². The van der Waals surface area contributed by atoms with Crippen LogP contribution in [0.4, 0.5) is 5.69 Å². The van der Waals surface area contributed by atoms with Crippen LogP contribution in [-0.4, -0.2) is 74.7 Å². The number of halogens is 2. The maximum Gasteiger partial charge on any atom is 0.222 e. The second-order valence-corrected chi connectivity index (χ2v) is 10.5. The van der Waals surface area contributed by atoms with Crippen molar-refractivity contribution in [2.45, 2.75) is 38.3 Å². The Kier molecular flexibility index (Phi) is 11.4. The largest absolute Gasteiger partial charge is 0.497 e. The van der Waals surface area contributed by atoms with Crippen molar-refractivity contribution in [3.63, 3.8) is 0 Å². The van der Waals surface area contributed by atoms with E-state index in [0.29, 0.717) is 24.3 Å². The fourth-order valence-electron chi connectivity index (χ4n) is 6.23. The van der Waals surface area contributed by atoms with E-state index in [2.05, 4.69) is 62.5 Å². The molecule has 2 bridgehead atoms. The second-order valence-electron chi connectivity index (χ2n) is 10.5. The molecule has 2 aromatic rings. The molecule has 1 amide bonds. The van der Waals surface area contributed by atoms with Gasteiger partial charge in [-0.1, -0.05) is 36.4 Å². The number of carbonyl (C=O) groups excluding carboxylic acids is 1. The van der Waals surface area contributed by atoms with Gasteiger partial charge in [0, 0.05) is 70.0 Å². The topological polar surface area (TPSA) is 48.1 Å². The molecule has 204 valence electrons. The summed E-state index contributed by atoms with van der Waals surface area (Å²) in [5.41, 5.74) is 2.58. The molecule has 3 atom stereocenters. The highest BCUT2D eigenvalue weighted by molar-refractivity contribution is 5.85. The van der Waals surface area contributed by atoms with E-state index in [-0.39, 0.29) is 24.8 Å². The lowest BCUT2D eigenvalue weighted by molar-refractivity contribution is -0.131. The first-order valence-corrected chi connectivity index (χ1v) is 13.3. The summed E-state index contributed by atoms with van der Waals surface area (Å²) in [6, 6.07) is 19.6. The molecule has 8 heteroatoms. The van der Waals surface area contributed by atoms with Gasteiger partial charge in [-0.2, -0.15) is 0 Å². The predicted molar refractivity (Wildman–Crippen MR) is 155 cm³/mol. The SMILES string of the molecule is COc1cccc(N2CCN(C(=O)CCC[C@H]3NC[C@@H]4C[C@H]3CN(Cc3ccccc3)C4)CC2)c1.Cl.Cl. The van der Waals surface area contributed by atoms with Gasteiger partial charge >= 0.3 is 0 Å². The molecule has 37 heavy (non-hydrogen) atoms. The molecular formula is C29H42Cl2N4O2.